The number of nitrogens with zero attached hydrogens (tertiary/aromatic N) is 2. The molecule has 4 rings (SSSR count). The van der Waals surface area contributed by atoms with Crippen molar-refractivity contribution in [2.75, 3.05) is 24.6 Å². The van der Waals surface area contributed by atoms with E-state index in [1.807, 2.05) is 18.7 Å². The molecule has 2 aromatic rings. The predicted molar refractivity (Wildman–Crippen MR) is 94.7 cm³/mol. The van der Waals surface area contributed by atoms with Crippen LogP contribution in [0.25, 0.3) is 10.9 Å². The fraction of sp³-hybridized carbons (Fsp3) is 0.444. The van der Waals surface area contributed by atoms with Crippen LogP contribution in [0.4, 0.5) is 10.1 Å². The van der Waals surface area contributed by atoms with E-state index in [0.29, 0.717) is 24.3 Å². The van der Waals surface area contributed by atoms with Gasteiger partial charge in [-0.1, -0.05) is 6.92 Å². The summed E-state index contributed by atoms with van der Waals surface area (Å²) in [5.41, 5.74) is 5.72. The zero-order valence-corrected chi connectivity index (χ0v) is 14.5. The first-order chi connectivity index (χ1) is 12.3. The van der Waals surface area contributed by atoms with Crippen molar-refractivity contribution in [2.45, 2.75) is 25.9 Å². The molecule has 2 aliphatic rings. The monoisotopic (exact) mass is 361 g/mol. The van der Waals surface area contributed by atoms with Crippen molar-refractivity contribution in [1.29, 1.82) is 0 Å². The van der Waals surface area contributed by atoms with Crippen LogP contribution in [0.15, 0.2) is 17.1 Å². The van der Waals surface area contributed by atoms with Gasteiger partial charge < -0.3 is 25.0 Å². The highest BCUT2D eigenvalue weighted by atomic mass is 19.1. The second-order valence-corrected chi connectivity index (χ2v) is 7.22. The lowest BCUT2D eigenvalue weighted by Gasteiger charge is -2.31. The lowest BCUT2D eigenvalue weighted by Crippen LogP contribution is -2.31. The highest BCUT2D eigenvalue weighted by Gasteiger charge is 2.34. The molecule has 138 valence electrons. The summed E-state index contributed by atoms with van der Waals surface area (Å²) in [6.45, 7) is 5.21. The Labute approximate surface area is 148 Å². The SMILES string of the molecule is CC1COc2c(N3C[C@@H](N)[C@@H](C)C3)c(F)cc3c(=O)c(C(=O)O)cn1c23. The third-order valence-corrected chi connectivity index (χ3v) is 5.36. The number of carboxylic acid groups (broad SMARTS) is 1. The molecule has 3 heterocycles. The molecule has 0 spiro atoms. The molecule has 0 radical (unpaired) electrons. The Morgan fingerprint density at radius 2 is 2.12 bits per heavy atom. The third kappa shape index (κ3) is 2.28. The Morgan fingerprint density at radius 1 is 1.38 bits per heavy atom. The molecule has 0 amide bonds. The minimum absolute atomic E-state index is 0.0178. The fourth-order valence-electron chi connectivity index (χ4n) is 3.83. The molecular formula is C18H20FN3O4. The van der Waals surface area contributed by atoms with Crippen molar-refractivity contribution in [3.8, 4) is 5.75 Å². The van der Waals surface area contributed by atoms with E-state index >= 15 is 0 Å². The third-order valence-electron chi connectivity index (χ3n) is 5.36. The summed E-state index contributed by atoms with van der Waals surface area (Å²) >= 11 is 0. The highest BCUT2D eigenvalue weighted by Crippen LogP contribution is 2.43. The van der Waals surface area contributed by atoms with Gasteiger partial charge in [0, 0.05) is 25.3 Å². The van der Waals surface area contributed by atoms with Gasteiger partial charge in [0.2, 0.25) is 5.43 Å². The van der Waals surface area contributed by atoms with E-state index in [-0.39, 0.29) is 41.3 Å². The summed E-state index contributed by atoms with van der Waals surface area (Å²) in [5, 5.41) is 9.33. The lowest BCUT2D eigenvalue weighted by molar-refractivity contribution is 0.0694. The standard InChI is InChI=1S/C18H20FN3O4/c1-8-4-21(6-13(8)20)15-12(19)3-10-14-17(15)26-7-9(2)22(14)5-11(16(10)23)18(24)25/h3,5,8-9,13H,4,6-7,20H2,1-2H3,(H,24,25)/t8-,9?,13+/m0/s1. The maximum Gasteiger partial charge on any atom is 0.341 e. The van der Waals surface area contributed by atoms with Gasteiger partial charge in [0.1, 0.15) is 17.9 Å². The molecule has 1 fully saturated rings. The van der Waals surface area contributed by atoms with Crippen molar-refractivity contribution in [2.24, 2.45) is 11.7 Å². The Bertz CT molecular complexity index is 977. The van der Waals surface area contributed by atoms with Crippen molar-refractivity contribution < 1.29 is 19.0 Å². The molecule has 1 saturated heterocycles. The molecule has 3 N–H and O–H groups in total. The summed E-state index contributed by atoms with van der Waals surface area (Å²) in [5.74, 6) is -1.44. The summed E-state index contributed by atoms with van der Waals surface area (Å²) in [7, 11) is 0. The van der Waals surface area contributed by atoms with Crippen LogP contribution in [-0.4, -0.2) is 41.4 Å². The van der Waals surface area contributed by atoms with Gasteiger partial charge in [-0.3, -0.25) is 4.79 Å². The number of halogens is 1. The van der Waals surface area contributed by atoms with Crippen LogP contribution in [0, 0.1) is 11.7 Å². The quantitative estimate of drug-likeness (QED) is 0.843. The summed E-state index contributed by atoms with van der Waals surface area (Å²) in [6, 6.07) is 0.869. The van der Waals surface area contributed by atoms with Crippen LogP contribution < -0.4 is 20.8 Å². The van der Waals surface area contributed by atoms with E-state index in [0.717, 1.165) is 6.07 Å². The number of anilines is 1. The topological polar surface area (TPSA) is 97.8 Å². The number of aromatic carboxylic acids is 1. The largest absolute Gasteiger partial charge is 0.487 e. The molecule has 1 unspecified atom stereocenters. The number of benzene rings is 1. The molecule has 1 aromatic heterocycles. The van der Waals surface area contributed by atoms with Gasteiger partial charge in [-0.2, -0.15) is 0 Å². The molecule has 1 aromatic carbocycles. The fourth-order valence-corrected chi connectivity index (χ4v) is 3.83. The number of carbonyl (C=O) groups is 1. The van der Waals surface area contributed by atoms with E-state index in [9.17, 15) is 19.1 Å². The maximum atomic E-state index is 15.0. The van der Waals surface area contributed by atoms with Gasteiger partial charge in [0.25, 0.3) is 0 Å². The van der Waals surface area contributed by atoms with Crippen molar-refractivity contribution in [3.63, 3.8) is 0 Å². The molecular weight excluding hydrogens is 341 g/mol. The Morgan fingerprint density at radius 3 is 2.73 bits per heavy atom. The number of ether oxygens (including phenoxy) is 1. The normalized spacial score (nSPS) is 24.8. The smallest absolute Gasteiger partial charge is 0.341 e. The van der Waals surface area contributed by atoms with E-state index in [1.54, 1.807) is 4.57 Å². The first-order valence-electron chi connectivity index (χ1n) is 8.57. The second-order valence-electron chi connectivity index (χ2n) is 7.22. The van der Waals surface area contributed by atoms with Crippen LogP contribution in [0.3, 0.4) is 0 Å². The number of hydrogen-bond acceptors (Lipinski definition) is 5. The second kappa shape index (κ2) is 5.70. The minimum atomic E-state index is -1.33. The summed E-state index contributed by atoms with van der Waals surface area (Å²) in [6.07, 6.45) is 1.32. The Kier molecular flexibility index (Phi) is 3.69. The minimum Gasteiger partial charge on any atom is -0.487 e. The number of nitrogens with two attached hydrogens (primary N) is 1. The number of carboxylic acids is 1. The first-order valence-corrected chi connectivity index (χ1v) is 8.57. The van der Waals surface area contributed by atoms with Crippen LogP contribution in [0.1, 0.15) is 30.2 Å². The van der Waals surface area contributed by atoms with Gasteiger partial charge >= 0.3 is 5.97 Å². The van der Waals surface area contributed by atoms with Gasteiger partial charge in [0.05, 0.1) is 16.9 Å². The number of hydrogen-bond donors (Lipinski definition) is 2. The van der Waals surface area contributed by atoms with Crippen LogP contribution >= 0.6 is 0 Å². The van der Waals surface area contributed by atoms with E-state index in [1.165, 1.54) is 6.20 Å². The Balaban J connectivity index is 2.04. The van der Waals surface area contributed by atoms with Crippen molar-refractivity contribution in [1.82, 2.24) is 4.57 Å². The molecule has 26 heavy (non-hydrogen) atoms. The molecule has 2 aliphatic heterocycles. The zero-order valence-electron chi connectivity index (χ0n) is 14.5. The number of pyridine rings is 1. The number of aromatic nitrogens is 1. The molecule has 0 bridgehead atoms. The average molecular weight is 361 g/mol. The van der Waals surface area contributed by atoms with E-state index in [2.05, 4.69) is 0 Å². The summed E-state index contributed by atoms with van der Waals surface area (Å²) < 4.78 is 22.5. The van der Waals surface area contributed by atoms with Crippen LogP contribution in [0.5, 0.6) is 5.75 Å². The molecule has 0 aliphatic carbocycles. The van der Waals surface area contributed by atoms with Gasteiger partial charge in [-0.25, -0.2) is 9.18 Å². The van der Waals surface area contributed by atoms with E-state index < -0.39 is 17.2 Å². The molecule has 7 nitrogen and oxygen atoms in total. The zero-order chi connectivity index (χ0) is 18.7. The van der Waals surface area contributed by atoms with Crippen molar-refractivity contribution >= 4 is 22.6 Å². The van der Waals surface area contributed by atoms with E-state index in [4.69, 9.17) is 10.5 Å². The molecule has 0 saturated carbocycles. The Hall–Kier alpha value is -2.61. The molecule has 3 atom stereocenters. The molecule has 8 heteroatoms. The average Bonchev–Trinajstić information content (AvgIpc) is 2.90. The first kappa shape index (κ1) is 16.8. The summed E-state index contributed by atoms with van der Waals surface area (Å²) in [4.78, 5) is 25.8. The van der Waals surface area contributed by atoms with Gasteiger partial charge in [-0.05, 0) is 18.9 Å². The highest BCUT2D eigenvalue weighted by molar-refractivity contribution is 5.97. The van der Waals surface area contributed by atoms with Crippen molar-refractivity contribution in [3.05, 3.63) is 33.9 Å². The lowest BCUT2D eigenvalue weighted by atomic mass is 10.1. The van der Waals surface area contributed by atoms with Crippen LogP contribution in [-0.2, 0) is 0 Å². The van der Waals surface area contributed by atoms with Gasteiger partial charge in [-0.15, -0.1) is 0 Å². The van der Waals surface area contributed by atoms with Gasteiger partial charge in [0.15, 0.2) is 11.6 Å². The predicted octanol–water partition coefficient (Wildman–Crippen LogP) is 1.58. The van der Waals surface area contributed by atoms with Crippen LogP contribution in [0.2, 0.25) is 0 Å². The number of rotatable bonds is 2. The maximum absolute atomic E-state index is 15.0.